The molecule has 162 valence electrons. The number of amides is 1. The number of halogens is 5. The van der Waals surface area contributed by atoms with Crippen molar-refractivity contribution in [2.45, 2.75) is 24.0 Å². The number of carbonyl (C=O) groups excluding carboxylic acids is 1. The Balaban J connectivity index is 2.28. The van der Waals surface area contributed by atoms with Crippen LogP contribution in [0.2, 0.25) is 5.02 Å². The van der Waals surface area contributed by atoms with Crippen LogP contribution in [0.1, 0.15) is 23.0 Å². The summed E-state index contributed by atoms with van der Waals surface area (Å²) in [5.41, 5.74) is 0.987. The number of nitrogens with zero attached hydrogens (tertiary/aromatic N) is 2. The zero-order chi connectivity index (χ0) is 22.9. The molecule has 0 saturated heterocycles. The molecule has 1 aromatic carbocycles. The fraction of sp³-hybridized carbons (Fsp3) is 0.250. The summed E-state index contributed by atoms with van der Waals surface area (Å²) < 4.78 is 76.7. The molecule has 0 fully saturated rings. The monoisotopic (exact) mass is 467 g/mol. The van der Waals surface area contributed by atoms with Gasteiger partial charge in [0.2, 0.25) is 0 Å². The van der Waals surface area contributed by atoms with E-state index < -0.39 is 43.9 Å². The van der Waals surface area contributed by atoms with Gasteiger partial charge in [0.1, 0.15) is 28.5 Å². The number of rotatable bonds is 6. The summed E-state index contributed by atoms with van der Waals surface area (Å²) >= 11 is 6.00. The van der Waals surface area contributed by atoms with Gasteiger partial charge in [-0.3, -0.25) is 4.79 Å². The highest BCUT2D eigenvalue weighted by Gasteiger charge is 2.37. The van der Waals surface area contributed by atoms with E-state index >= 15 is 0 Å². The Bertz CT molecular complexity index is 1130. The molecule has 1 heterocycles. The summed E-state index contributed by atoms with van der Waals surface area (Å²) in [6.45, 7) is 0.701. The topological polar surface area (TPSA) is 116 Å². The number of anilines is 1. The molecule has 0 aliphatic heterocycles. The molecule has 0 saturated carbocycles. The van der Waals surface area contributed by atoms with Crippen molar-refractivity contribution in [3.05, 3.63) is 46.5 Å². The van der Waals surface area contributed by atoms with Crippen LogP contribution in [0.15, 0.2) is 29.3 Å². The van der Waals surface area contributed by atoms with Crippen LogP contribution < -0.4 is 15.6 Å². The summed E-state index contributed by atoms with van der Waals surface area (Å²) in [5.74, 6) is -1.69. The molecule has 14 heteroatoms. The standard InChI is InChI=1S/C16H14ClF4N5O3S/c1-8(16(19,20)21)24-25-30(28,29)12-7-26(2)14(13(12)17)15(27)23-10-3-4-11(18)9(5-10)6-22/h3-5,7-8,24-25H,1-2H3,(H,23,27). The van der Waals surface area contributed by atoms with Crippen LogP contribution in [0.3, 0.4) is 0 Å². The number of carbonyl (C=O) groups is 1. The number of nitrogens with one attached hydrogen (secondary N) is 3. The number of benzene rings is 1. The van der Waals surface area contributed by atoms with Crippen LogP contribution in [0.25, 0.3) is 0 Å². The van der Waals surface area contributed by atoms with Gasteiger partial charge in [-0.2, -0.15) is 18.4 Å². The molecule has 8 nitrogen and oxygen atoms in total. The highest BCUT2D eigenvalue weighted by Crippen LogP contribution is 2.28. The molecule has 0 spiro atoms. The van der Waals surface area contributed by atoms with Crippen molar-refractivity contribution in [1.29, 1.82) is 5.26 Å². The van der Waals surface area contributed by atoms with Gasteiger partial charge in [0.05, 0.1) is 10.6 Å². The van der Waals surface area contributed by atoms with Crippen LogP contribution in [-0.2, 0) is 17.1 Å². The van der Waals surface area contributed by atoms with Gasteiger partial charge in [-0.05, 0) is 25.1 Å². The number of hydrazine groups is 1. The van der Waals surface area contributed by atoms with E-state index in [2.05, 4.69) is 5.32 Å². The van der Waals surface area contributed by atoms with Gasteiger partial charge in [0.25, 0.3) is 15.9 Å². The summed E-state index contributed by atoms with van der Waals surface area (Å²) in [5, 5.41) is 10.6. The maximum atomic E-state index is 13.4. The van der Waals surface area contributed by atoms with E-state index in [1.165, 1.54) is 13.1 Å². The lowest BCUT2D eigenvalue weighted by Gasteiger charge is -2.17. The number of alkyl halides is 3. The van der Waals surface area contributed by atoms with E-state index in [0.29, 0.717) is 6.92 Å². The van der Waals surface area contributed by atoms with E-state index in [0.717, 1.165) is 22.9 Å². The van der Waals surface area contributed by atoms with E-state index in [1.54, 1.807) is 16.3 Å². The first-order valence-electron chi connectivity index (χ1n) is 7.97. The van der Waals surface area contributed by atoms with Gasteiger partial charge < -0.3 is 9.88 Å². The number of hydrogen-bond acceptors (Lipinski definition) is 5. The van der Waals surface area contributed by atoms with E-state index in [4.69, 9.17) is 16.9 Å². The molecule has 1 aromatic heterocycles. The Morgan fingerprint density at radius 3 is 2.53 bits per heavy atom. The Morgan fingerprint density at radius 2 is 1.97 bits per heavy atom. The first-order valence-corrected chi connectivity index (χ1v) is 9.84. The van der Waals surface area contributed by atoms with Gasteiger partial charge >= 0.3 is 6.18 Å². The minimum Gasteiger partial charge on any atom is -0.344 e. The third kappa shape index (κ3) is 5.08. The third-order valence-corrected chi connectivity index (χ3v) is 5.61. The van der Waals surface area contributed by atoms with Crippen molar-refractivity contribution in [2.24, 2.45) is 7.05 Å². The largest absolute Gasteiger partial charge is 0.404 e. The Morgan fingerprint density at radius 1 is 1.33 bits per heavy atom. The molecule has 3 N–H and O–H groups in total. The predicted octanol–water partition coefficient (Wildman–Crippen LogP) is 2.68. The van der Waals surface area contributed by atoms with Crippen LogP contribution in [0.5, 0.6) is 0 Å². The number of sulfonamides is 1. The molecule has 1 atom stereocenters. The molecule has 0 bridgehead atoms. The van der Waals surface area contributed by atoms with Crippen molar-refractivity contribution in [1.82, 2.24) is 14.8 Å². The first kappa shape index (κ1) is 23.6. The minimum atomic E-state index is -4.70. The second-order valence-corrected chi connectivity index (χ2v) is 8.07. The zero-order valence-corrected chi connectivity index (χ0v) is 16.9. The first-order chi connectivity index (χ1) is 13.8. The summed E-state index contributed by atoms with van der Waals surface area (Å²) in [6, 6.07) is 2.59. The average Bonchev–Trinajstić information content (AvgIpc) is 2.95. The van der Waals surface area contributed by atoms with Crippen LogP contribution in [0.4, 0.5) is 23.2 Å². The summed E-state index contributed by atoms with van der Waals surface area (Å²) in [4.78, 5) is 13.4. The molecule has 1 amide bonds. The molecule has 2 aromatic rings. The lowest BCUT2D eigenvalue weighted by atomic mass is 10.2. The van der Waals surface area contributed by atoms with Crippen molar-refractivity contribution in [3.63, 3.8) is 0 Å². The van der Waals surface area contributed by atoms with Gasteiger partial charge in [-0.25, -0.2) is 18.2 Å². The van der Waals surface area contributed by atoms with Crippen molar-refractivity contribution < 1.29 is 30.8 Å². The van der Waals surface area contributed by atoms with Crippen molar-refractivity contribution in [3.8, 4) is 6.07 Å². The van der Waals surface area contributed by atoms with Gasteiger partial charge in [0.15, 0.2) is 0 Å². The zero-order valence-electron chi connectivity index (χ0n) is 15.3. The Hall–Kier alpha value is -2.66. The molecule has 2 rings (SSSR count). The molecule has 0 radical (unpaired) electrons. The van der Waals surface area contributed by atoms with Crippen molar-refractivity contribution >= 4 is 33.2 Å². The Kier molecular flexibility index (Phi) is 6.77. The number of nitriles is 1. The van der Waals surface area contributed by atoms with E-state index in [-0.39, 0.29) is 16.9 Å². The highest BCUT2D eigenvalue weighted by molar-refractivity contribution is 7.89. The molecule has 1 unspecified atom stereocenters. The minimum absolute atomic E-state index is 0.0402. The fourth-order valence-electron chi connectivity index (χ4n) is 2.20. The number of hydrogen-bond donors (Lipinski definition) is 3. The maximum Gasteiger partial charge on any atom is 0.404 e. The maximum absolute atomic E-state index is 13.4. The number of aromatic nitrogens is 1. The third-order valence-electron chi connectivity index (χ3n) is 3.84. The molecular weight excluding hydrogens is 454 g/mol. The molecule has 0 aliphatic rings. The van der Waals surface area contributed by atoms with E-state index in [1.807, 2.05) is 0 Å². The fourth-order valence-corrected chi connectivity index (χ4v) is 3.84. The summed E-state index contributed by atoms with van der Waals surface area (Å²) in [7, 11) is -3.27. The lowest BCUT2D eigenvalue weighted by molar-refractivity contribution is -0.152. The lowest BCUT2D eigenvalue weighted by Crippen LogP contribution is -2.49. The van der Waals surface area contributed by atoms with E-state index in [9.17, 15) is 30.8 Å². The quantitative estimate of drug-likeness (QED) is 0.446. The predicted molar refractivity (Wildman–Crippen MR) is 98.5 cm³/mol. The summed E-state index contributed by atoms with van der Waals surface area (Å²) in [6.07, 6.45) is -3.77. The second-order valence-electron chi connectivity index (χ2n) is 6.04. The molecular formula is C16H14ClF4N5O3S. The van der Waals surface area contributed by atoms with Gasteiger partial charge in [-0.1, -0.05) is 11.6 Å². The Labute approximate surface area is 173 Å². The van der Waals surface area contributed by atoms with Crippen molar-refractivity contribution in [2.75, 3.05) is 5.32 Å². The van der Waals surface area contributed by atoms with Crippen LogP contribution >= 0.6 is 11.6 Å². The van der Waals surface area contributed by atoms with Crippen LogP contribution in [-0.4, -0.2) is 31.1 Å². The molecule has 0 aliphatic carbocycles. The highest BCUT2D eigenvalue weighted by atomic mass is 35.5. The van der Waals surface area contributed by atoms with Crippen LogP contribution in [0, 0.1) is 17.1 Å². The van der Waals surface area contributed by atoms with Gasteiger partial charge in [0, 0.05) is 18.9 Å². The SMILES string of the molecule is CC(NNS(=O)(=O)c1cn(C)c(C(=O)Nc2ccc(F)c(C#N)c2)c1Cl)C(F)(F)F. The smallest absolute Gasteiger partial charge is 0.344 e. The number of aryl methyl sites for hydroxylation is 1. The molecule has 30 heavy (non-hydrogen) atoms. The van der Waals surface area contributed by atoms with Gasteiger partial charge in [-0.15, -0.1) is 4.83 Å². The normalized spacial score (nSPS) is 13.0. The average molecular weight is 468 g/mol. The second kappa shape index (κ2) is 8.60.